The van der Waals surface area contributed by atoms with E-state index in [1.807, 2.05) is 42.2 Å². The van der Waals surface area contributed by atoms with Gasteiger partial charge in [0.1, 0.15) is 0 Å². The molecule has 3 heteroatoms. The summed E-state index contributed by atoms with van der Waals surface area (Å²) in [5.74, 6) is 0.159. The van der Waals surface area contributed by atoms with Crippen molar-refractivity contribution in [3.8, 4) is 0 Å². The van der Waals surface area contributed by atoms with Crippen LogP contribution in [0.3, 0.4) is 0 Å². The highest BCUT2D eigenvalue weighted by molar-refractivity contribution is 9.10. The maximum absolute atomic E-state index is 12.3. The van der Waals surface area contributed by atoms with Gasteiger partial charge in [0.15, 0.2) is 0 Å². The molecule has 1 rings (SSSR count). The third-order valence-corrected chi connectivity index (χ3v) is 3.73. The van der Waals surface area contributed by atoms with Crippen LogP contribution in [0.5, 0.6) is 0 Å². The normalized spacial score (nSPS) is 12.2. The van der Waals surface area contributed by atoms with E-state index in [1.54, 1.807) is 0 Å². The minimum Gasteiger partial charge on any atom is -0.311 e. The Bertz CT molecular complexity index is 339. The lowest BCUT2D eigenvalue weighted by atomic mass is 10.2. The summed E-state index contributed by atoms with van der Waals surface area (Å²) in [5, 5.41) is 0. The van der Waals surface area contributed by atoms with Gasteiger partial charge < -0.3 is 4.90 Å². The van der Waals surface area contributed by atoms with Gasteiger partial charge in [-0.25, -0.2) is 0 Å². The second-order valence-corrected chi connectivity index (χ2v) is 5.16. The Morgan fingerprint density at radius 1 is 1.29 bits per heavy atom. The van der Waals surface area contributed by atoms with E-state index in [4.69, 9.17) is 0 Å². The Balaban J connectivity index is 2.84. The van der Waals surface area contributed by atoms with Gasteiger partial charge in [-0.3, -0.25) is 4.79 Å². The number of halogens is 1. The summed E-state index contributed by atoms with van der Waals surface area (Å²) in [6, 6.07) is 9.89. The molecule has 0 saturated carbocycles. The maximum Gasteiger partial charge on any atom is 0.240 e. The van der Waals surface area contributed by atoms with Crippen molar-refractivity contribution in [1.82, 2.24) is 0 Å². The first-order valence-corrected chi connectivity index (χ1v) is 7.12. The standard InChI is InChI=1S/C14H20BrNO/c1-3-5-11-16(14(17)13(15)4-2)12-9-7-6-8-10-12/h6-10,13H,3-5,11H2,1-2H3. The first-order valence-electron chi connectivity index (χ1n) is 6.21. The number of unbranched alkanes of at least 4 members (excludes halogenated alkanes) is 1. The predicted octanol–water partition coefficient (Wildman–Crippen LogP) is 3.99. The predicted molar refractivity (Wildman–Crippen MR) is 76.7 cm³/mol. The summed E-state index contributed by atoms with van der Waals surface area (Å²) in [7, 11) is 0. The number of para-hydroxylation sites is 1. The number of amides is 1. The lowest BCUT2D eigenvalue weighted by Crippen LogP contribution is -2.37. The van der Waals surface area contributed by atoms with Gasteiger partial charge in [0.25, 0.3) is 0 Å². The fourth-order valence-electron chi connectivity index (χ4n) is 1.63. The van der Waals surface area contributed by atoms with Gasteiger partial charge in [-0.2, -0.15) is 0 Å². The molecule has 0 bridgehead atoms. The highest BCUT2D eigenvalue weighted by Crippen LogP contribution is 2.19. The fraction of sp³-hybridized carbons (Fsp3) is 0.500. The van der Waals surface area contributed by atoms with Crippen molar-refractivity contribution in [2.75, 3.05) is 11.4 Å². The van der Waals surface area contributed by atoms with Gasteiger partial charge in [0.2, 0.25) is 5.91 Å². The molecule has 17 heavy (non-hydrogen) atoms. The summed E-state index contributed by atoms with van der Waals surface area (Å²) < 4.78 is 0. The molecule has 0 aromatic heterocycles. The minimum atomic E-state index is -0.0837. The van der Waals surface area contributed by atoms with Crippen LogP contribution in [0.1, 0.15) is 33.1 Å². The van der Waals surface area contributed by atoms with Gasteiger partial charge in [-0.15, -0.1) is 0 Å². The molecule has 1 aromatic carbocycles. The monoisotopic (exact) mass is 297 g/mol. The van der Waals surface area contributed by atoms with Crippen LogP contribution in [0.25, 0.3) is 0 Å². The first-order chi connectivity index (χ1) is 8.20. The molecule has 0 aliphatic carbocycles. The smallest absolute Gasteiger partial charge is 0.240 e. The van der Waals surface area contributed by atoms with Crippen LogP contribution in [-0.2, 0) is 4.79 Å². The summed E-state index contributed by atoms with van der Waals surface area (Å²) in [6.07, 6.45) is 2.94. The van der Waals surface area contributed by atoms with Crippen molar-refractivity contribution in [2.45, 2.75) is 37.9 Å². The number of carbonyl (C=O) groups is 1. The van der Waals surface area contributed by atoms with Crippen molar-refractivity contribution < 1.29 is 4.79 Å². The van der Waals surface area contributed by atoms with E-state index in [9.17, 15) is 4.79 Å². The van der Waals surface area contributed by atoms with Crippen LogP contribution in [-0.4, -0.2) is 17.3 Å². The summed E-state index contributed by atoms with van der Waals surface area (Å²) >= 11 is 3.44. The molecule has 94 valence electrons. The minimum absolute atomic E-state index is 0.0837. The molecule has 1 amide bonds. The van der Waals surface area contributed by atoms with Crippen molar-refractivity contribution in [3.05, 3.63) is 30.3 Å². The highest BCUT2D eigenvalue weighted by atomic mass is 79.9. The van der Waals surface area contributed by atoms with Gasteiger partial charge in [0.05, 0.1) is 4.83 Å². The largest absolute Gasteiger partial charge is 0.311 e. The van der Waals surface area contributed by atoms with Crippen LogP contribution < -0.4 is 4.90 Å². The highest BCUT2D eigenvalue weighted by Gasteiger charge is 2.21. The average Bonchev–Trinajstić information content (AvgIpc) is 2.39. The number of anilines is 1. The third-order valence-electron chi connectivity index (χ3n) is 2.70. The van der Waals surface area contributed by atoms with Crippen LogP contribution >= 0.6 is 15.9 Å². The Morgan fingerprint density at radius 3 is 2.47 bits per heavy atom. The molecule has 0 radical (unpaired) electrons. The lowest BCUT2D eigenvalue weighted by Gasteiger charge is -2.24. The molecule has 0 aliphatic rings. The zero-order chi connectivity index (χ0) is 12.7. The molecule has 0 aliphatic heterocycles. The van der Waals surface area contributed by atoms with E-state index in [1.165, 1.54) is 0 Å². The number of hydrogen-bond donors (Lipinski definition) is 0. The maximum atomic E-state index is 12.3. The van der Waals surface area contributed by atoms with Crippen LogP contribution in [0.15, 0.2) is 30.3 Å². The Hall–Kier alpha value is -0.830. The molecule has 1 atom stereocenters. The van der Waals surface area contributed by atoms with E-state index in [0.29, 0.717) is 0 Å². The molecule has 1 unspecified atom stereocenters. The molecule has 2 nitrogen and oxygen atoms in total. The lowest BCUT2D eigenvalue weighted by molar-refractivity contribution is -0.118. The summed E-state index contributed by atoms with van der Waals surface area (Å²) in [5.41, 5.74) is 0.990. The SMILES string of the molecule is CCCCN(C(=O)C(Br)CC)c1ccccc1. The number of alkyl halides is 1. The number of benzene rings is 1. The zero-order valence-electron chi connectivity index (χ0n) is 10.5. The van der Waals surface area contributed by atoms with E-state index in [-0.39, 0.29) is 10.7 Å². The molecular formula is C14H20BrNO. The fourth-order valence-corrected chi connectivity index (χ4v) is 1.88. The van der Waals surface area contributed by atoms with Crippen LogP contribution in [0.2, 0.25) is 0 Å². The van der Waals surface area contributed by atoms with Crippen molar-refractivity contribution in [2.24, 2.45) is 0 Å². The topological polar surface area (TPSA) is 20.3 Å². The van der Waals surface area contributed by atoms with Gasteiger partial charge >= 0.3 is 0 Å². The van der Waals surface area contributed by atoms with E-state index in [0.717, 1.165) is 31.5 Å². The van der Waals surface area contributed by atoms with Gasteiger partial charge in [0, 0.05) is 12.2 Å². The average molecular weight is 298 g/mol. The van der Waals surface area contributed by atoms with Crippen LogP contribution in [0.4, 0.5) is 5.69 Å². The number of nitrogens with zero attached hydrogens (tertiary/aromatic N) is 1. The second-order valence-electron chi connectivity index (χ2n) is 4.05. The molecular weight excluding hydrogens is 278 g/mol. The van der Waals surface area contributed by atoms with E-state index in [2.05, 4.69) is 22.9 Å². The number of carbonyl (C=O) groups excluding carboxylic acids is 1. The number of rotatable bonds is 6. The molecule has 1 aromatic rings. The molecule has 0 fully saturated rings. The Kier molecular flexibility index (Phi) is 6.27. The Morgan fingerprint density at radius 2 is 1.94 bits per heavy atom. The van der Waals surface area contributed by atoms with Crippen molar-refractivity contribution in [1.29, 1.82) is 0 Å². The zero-order valence-corrected chi connectivity index (χ0v) is 12.1. The van der Waals surface area contributed by atoms with E-state index >= 15 is 0 Å². The van der Waals surface area contributed by atoms with Gasteiger partial charge in [-0.05, 0) is 25.0 Å². The second kappa shape index (κ2) is 7.49. The molecule has 0 saturated heterocycles. The van der Waals surface area contributed by atoms with Crippen LogP contribution in [0, 0.1) is 0 Å². The molecule has 0 N–H and O–H groups in total. The quantitative estimate of drug-likeness (QED) is 0.727. The van der Waals surface area contributed by atoms with Crippen molar-refractivity contribution in [3.63, 3.8) is 0 Å². The summed E-state index contributed by atoms with van der Waals surface area (Å²) in [4.78, 5) is 14.1. The number of hydrogen-bond acceptors (Lipinski definition) is 1. The third kappa shape index (κ3) is 4.15. The Labute approximate surface area is 112 Å². The first kappa shape index (κ1) is 14.2. The molecule has 0 spiro atoms. The summed E-state index contributed by atoms with van der Waals surface area (Å²) in [6.45, 7) is 4.95. The molecule has 0 heterocycles. The van der Waals surface area contributed by atoms with E-state index < -0.39 is 0 Å². The van der Waals surface area contributed by atoms with Crippen molar-refractivity contribution >= 4 is 27.5 Å². The van der Waals surface area contributed by atoms with Gasteiger partial charge in [-0.1, -0.05) is 54.4 Å².